The van der Waals surface area contributed by atoms with Gasteiger partial charge in [-0.15, -0.1) is 5.10 Å². The SMILES string of the molecule is Cc1[nH]c2c(-c3ccccc3)c(C(F)(F)F)nn2c(=O)c1-c1nnc(N2CCCC(N)C2)o1. The van der Waals surface area contributed by atoms with Gasteiger partial charge in [0.05, 0.1) is 5.56 Å². The van der Waals surface area contributed by atoms with Gasteiger partial charge in [-0.1, -0.05) is 35.4 Å². The summed E-state index contributed by atoms with van der Waals surface area (Å²) in [6.07, 6.45) is -3.02. The zero-order chi connectivity index (χ0) is 23.3. The number of anilines is 1. The topological polar surface area (TPSA) is 118 Å². The van der Waals surface area contributed by atoms with Crippen LogP contribution in [-0.4, -0.2) is 43.9 Å². The Morgan fingerprint density at radius 1 is 1.18 bits per heavy atom. The van der Waals surface area contributed by atoms with Gasteiger partial charge in [0.1, 0.15) is 11.2 Å². The van der Waals surface area contributed by atoms with E-state index in [1.807, 2.05) is 4.90 Å². The third-order valence-electron chi connectivity index (χ3n) is 5.66. The summed E-state index contributed by atoms with van der Waals surface area (Å²) in [6.45, 7) is 2.77. The highest BCUT2D eigenvalue weighted by molar-refractivity contribution is 5.81. The van der Waals surface area contributed by atoms with Crippen molar-refractivity contribution in [3.8, 4) is 22.6 Å². The summed E-state index contributed by atoms with van der Waals surface area (Å²) in [6, 6.07) is 8.16. The summed E-state index contributed by atoms with van der Waals surface area (Å²) in [4.78, 5) is 18.0. The number of piperidine rings is 1. The standard InChI is InChI=1S/C21H20F3N7O2/c1-11-14(18-27-28-20(33-18)30-9-5-8-13(25)10-30)19(32)31-17(26-11)15(12-6-3-2-4-7-12)16(29-31)21(22,23)24/h2-4,6-7,13,26H,5,8-10,25H2,1H3. The first kappa shape index (κ1) is 21.2. The van der Waals surface area contributed by atoms with Crippen molar-refractivity contribution in [1.82, 2.24) is 24.8 Å². The quantitative estimate of drug-likeness (QED) is 0.484. The molecular weight excluding hydrogens is 439 g/mol. The molecular formula is C21H20F3N7O2. The largest absolute Gasteiger partial charge is 0.435 e. The van der Waals surface area contributed by atoms with Gasteiger partial charge >= 0.3 is 12.2 Å². The minimum atomic E-state index is -4.77. The van der Waals surface area contributed by atoms with Gasteiger partial charge < -0.3 is 20.0 Å². The average Bonchev–Trinajstić information content (AvgIpc) is 3.40. The molecule has 1 saturated heterocycles. The molecule has 0 saturated carbocycles. The van der Waals surface area contributed by atoms with Gasteiger partial charge in [0, 0.05) is 24.8 Å². The number of nitrogens with zero attached hydrogens (tertiary/aromatic N) is 5. The maximum atomic E-state index is 13.8. The zero-order valence-corrected chi connectivity index (χ0v) is 17.6. The van der Waals surface area contributed by atoms with Gasteiger partial charge in [0.25, 0.3) is 11.4 Å². The molecule has 0 spiro atoms. The third-order valence-corrected chi connectivity index (χ3v) is 5.66. The molecule has 172 valence electrons. The van der Waals surface area contributed by atoms with Crippen LogP contribution in [-0.2, 0) is 6.18 Å². The van der Waals surface area contributed by atoms with Crippen molar-refractivity contribution in [2.45, 2.75) is 32.0 Å². The molecule has 1 aliphatic heterocycles. The number of alkyl halides is 3. The van der Waals surface area contributed by atoms with Crippen LogP contribution in [0.4, 0.5) is 19.2 Å². The number of aromatic amines is 1. The number of halogens is 3. The molecule has 0 bridgehead atoms. The summed E-state index contributed by atoms with van der Waals surface area (Å²) in [5.74, 6) is -0.102. The minimum absolute atomic E-state index is 0.0307. The lowest BCUT2D eigenvalue weighted by Gasteiger charge is -2.28. The first-order valence-corrected chi connectivity index (χ1v) is 10.4. The van der Waals surface area contributed by atoms with E-state index >= 15 is 0 Å². The molecule has 0 aliphatic carbocycles. The second-order valence-electron chi connectivity index (χ2n) is 8.02. The Morgan fingerprint density at radius 3 is 2.64 bits per heavy atom. The van der Waals surface area contributed by atoms with E-state index in [0.29, 0.717) is 17.6 Å². The van der Waals surface area contributed by atoms with Gasteiger partial charge in [0.2, 0.25) is 0 Å². The van der Waals surface area contributed by atoms with Crippen molar-refractivity contribution in [2.75, 3.05) is 18.0 Å². The Bertz CT molecular complexity index is 1370. The van der Waals surface area contributed by atoms with Crippen molar-refractivity contribution in [3.63, 3.8) is 0 Å². The van der Waals surface area contributed by atoms with Crippen LogP contribution in [0.5, 0.6) is 0 Å². The van der Waals surface area contributed by atoms with E-state index in [-0.39, 0.29) is 46.0 Å². The molecule has 4 heterocycles. The van der Waals surface area contributed by atoms with Gasteiger partial charge in [-0.3, -0.25) is 4.79 Å². The number of benzene rings is 1. The number of fused-ring (bicyclic) bond motifs is 1. The number of hydrogen-bond donors (Lipinski definition) is 2. The molecule has 0 radical (unpaired) electrons. The first-order valence-electron chi connectivity index (χ1n) is 10.4. The summed E-state index contributed by atoms with van der Waals surface area (Å²) in [5.41, 5.74) is 4.29. The lowest BCUT2D eigenvalue weighted by atomic mass is 10.1. The summed E-state index contributed by atoms with van der Waals surface area (Å²) in [7, 11) is 0. The highest BCUT2D eigenvalue weighted by Gasteiger charge is 2.39. The van der Waals surface area contributed by atoms with Crippen LogP contribution in [0.25, 0.3) is 28.2 Å². The Hall–Kier alpha value is -3.67. The third kappa shape index (κ3) is 3.65. The van der Waals surface area contributed by atoms with Crippen molar-refractivity contribution in [3.05, 3.63) is 52.1 Å². The molecule has 1 fully saturated rings. The van der Waals surface area contributed by atoms with E-state index in [1.54, 1.807) is 25.1 Å². The van der Waals surface area contributed by atoms with Crippen LogP contribution >= 0.6 is 0 Å². The average molecular weight is 459 g/mol. The van der Waals surface area contributed by atoms with Gasteiger partial charge in [-0.05, 0) is 25.3 Å². The molecule has 1 unspecified atom stereocenters. The van der Waals surface area contributed by atoms with E-state index in [1.165, 1.54) is 12.1 Å². The Morgan fingerprint density at radius 2 is 1.94 bits per heavy atom. The molecule has 9 nitrogen and oxygen atoms in total. The molecule has 3 aromatic heterocycles. The van der Waals surface area contributed by atoms with Gasteiger partial charge in [-0.25, -0.2) is 0 Å². The van der Waals surface area contributed by atoms with E-state index < -0.39 is 17.4 Å². The maximum absolute atomic E-state index is 13.8. The molecule has 4 aromatic rings. The number of aromatic nitrogens is 5. The molecule has 0 amide bonds. The zero-order valence-electron chi connectivity index (χ0n) is 17.6. The number of H-pyrrole nitrogens is 1. The number of rotatable bonds is 3. The van der Waals surface area contributed by atoms with E-state index in [4.69, 9.17) is 10.2 Å². The monoisotopic (exact) mass is 459 g/mol. The van der Waals surface area contributed by atoms with E-state index in [0.717, 1.165) is 12.8 Å². The molecule has 5 rings (SSSR count). The Kier molecular flexibility index (Phi) is 4.96. The van der Waals surface area contributed by atoms with Crippen LogP contribution in [0.1, 0.15) is 24.2 Å². The van der Waals surface area contributed by atoms with Crippen molar-refractivity contribution >= 4 is 11.7 Å². The Labute approximate surface area is 185 Å². The first-order chi connectivity index (χ1) is 15.7. The molecule has 1 atom stereocenters. The number of nitrogens with two attached hydrogens (primary N) is 1. The van der Waals surface area contributed by atoms with E-state index in [9.17, 15) is 18.0 Å². The second-order valence-corrected chi connectivity index (χ2v) is 8.02. The molecule has 12 heteroatoms. The van der Waals surface area contributed by atoms with Gasteiger partial charge in [0.15, 0.2) is 5.69 Å². The van der Waals surface area contributed by atoms with E-state index in [2.05, 4.69) is 20.3 Å². The van der Waals surface area contributed by atoms with Crippen LogP contribution in [0.15, 0.2) is 39.5 Å². The normalized spacial score (nSPS) is 17.1. The van der Waals surface area contributed by atoms with Gasteiger partial charge in [-0.2, -0.15) is 22.8 Å². The fourth-order valence-corrected chi connectivity index (χ4v) is 4.14. The highest BCUT2D eigenvalue weighted by atomic mass is 19.4. The van der Waals surface area contributed by atoms with Crippen LogP contribution < -0.4 is 16.2 Å². The molecule has 33 heavy (non-hydrogen) atoms. The summed E-state index contributed by atoms with van der Waals surface area (Å²) < 4.78 is 47.9. The number of nitrogens with one attached hydrogen (secondary N) is 1. The second kappa shape index (κ2) is 7.73. The van der Waals surface area contributed by atoms with Crippen molar-refractivity contribution < 1.29 is 17.6 Å². The fraction of sp³-hybridized carbons (Fsp3) is 0.333. The predicted octanol–water partition coefficient (Wildman–Crippen LogP) is 2.99. The predicted molar refractivity (Wildman–Crippen MR) is 114 cm³/mol. The fourth-order valence-electron chi connectivity index (χ4n) is 4.14. The highest BCUT2D eigenvalue weighted by Crippen LogP contribution is 2.38. The smallest absolute Gasteiger partial charge is 0.403 e. The van der Waals surface area contributed by atoms with Crippen molar-refractivity contribution in [2.24, 2.45) is 5.73 Å². The lowest BCUT2D eigenvalue weighted by molar-refractivity contribution is -0.140. The molecule has 1 aromatic carbocycles. The summed E-state index contributed by atoms with van der Waals surface area (Å²) in [5, 5.41) is 11.6. The molecule has 3 N–H and O–H groups in total. The van der Waals surface area contributed by atoms with Crippen LogP contribution in [0.2, 0.25) is 0 Å². The minimum Gasteiger partial charge on any atom is -0.403 e. The van der Waals surface area contributed by atoms with Crippen molar-refractivity contribution in [1.29, 1.82) is 0 Å². The van der Waals surface area contributed by atoms with Crippen LogP contribution in [0.3, 0.4) is 0 Å². The molecule has 1 aliphatic rings. The lowest BCUT2D eigenvalue weighted by Crippen LogP contribution is -2.43. The number of aryl methyl sites for hydroxylation is 1. The summed E-state index contributed by atoms with van der Waals surface area (Å²) >= 11 is 0. The van der Waals surface area contributed by atoms with Crippen LogP contribution in [0, 0.1) is 6.92 Å². The number of hydrogen-bond acceptors (Lipinski definition) is 7. The Balaban J connectivity index is 1.67. The maximum Gasteiger partial charge on any atom is 0.435 e.